The summed E-state index contributed by atoms with van der Waals surface area (Å²) >= 11 is 0. The maximum absolute atomic E-state index is 9.68. The van der Waals surface area contributed by atoms with Gasteiger partial charge in [-0.15, -0.1) is 0 Å². The topological polar surface area (TPSA) is 32.7 Å². The molecular weight excluding hydrogens is 214 g/mol. The van der Waals surface area contributed by atoms with Crippen molar-refractivity contribution in [3.8, 4) is 0 Å². The number of β-amino-alcohol motifs (C(OH)–C–C–N with tert-alkyl or cyclic N) is 1. The molecule has 2 heterocycles. The lowest BCUT2D eigenvalue weighted by Crippen LogP contribution is -2.42. The van der Waals surface area contributed by atoms with Crippen LogP contribution in [0.4, 0.5) is 0 Å². The Hall–Kier alpha value is -0.120. The predicted molar refractivity (Wildman–Crippen MR) is 67.0 cm³/mol. The van der Waals surface area contributed by atoms with E-state index in [0.717, 1.165) is 32.5 Å². The van der Waals surface area contributed by atoms with Gasteiger partial charge in [0.2, 0.25) is 0 Å². The van der Waals surface area contributed by atoms with Crippen molar-refractivity contribution in [1.29, 1.82) is 0 Å². The monoisotopic (exact) mass is 239 g/mol. The Labute approximate surface area is 104 Å². The first-order chi connectivity index (χ1) is 8.26. The maximum Gasteiger partial charge on any atom is 0.0710 e. The highest BCUT2D eigenvalue weighted by Crippen LogP contribution is 2.43. The first-order valence-corrected chi connectivity index (χ1v) is 7.34. The third-order valence-electron chi connectivity index (χ3n) is 4.80. The normalized spacial score (nSPS) is 37.9. The van der Waals surface area contributed by atoms with Crippen LogP contribution in [0.1, 0.15) is 51.4 Å². The molecule has 3 heteroatoms. The number of ether oxygens (including phenoxy) is 1. The van der Waals surface area contributed by atoms with Crippen molar-refractivity contribution in [3.05, 3.63) is 0 Å². The average Bonchev–Trinajstić information content (AvgIpc) is 2.90. The molecule has 3 fully saturated rings. The van der Waals surface area contributed by atoms with Crippen LogP contribution in [0.2, 0.25) is 0 Å². The number of aliphatic hydroxyl groups excluding tert-OH is 1. The smallest absolute Gasteiger partial charge is 0.0710 e. The summed E-state index contributed by atoms with van der Waals surface area (Å²) in [5.41, 5.74) is 0.263. The highest BCUT2D eigenvalue weighted by molar-refractivity contribution is 4.93. The zero-order chi connectivity index (χ0) is 11.7. The highest BCUT2D eigenvalue weighted by Gasteiger charge is 2.42. The summed E-state index contributed by atoms with van der Waals surface area (Å²) < 4.78 is 6.32. The molecule has 1 saturated carbocycles. The Kier molecular flexibility index (Phi) is 3.42. The van der Waals surface area contributed by atoms with Crippen molar-refractivity contribution in [1.82, 2.24) is 4.90 Å². The van der Waals surface area contributed by atoms with Crippen LogP contribution >= 0.6 is 0 Å². The number of aliphatic hydroxyl groups is 1. The predicted octanol–water partition coefficient (Wildman–Crippen LogP) is 1.93. The van der Waals surface area contributed by atoms with Crippen LogP contribution < -0.4 is 0 Å². The van der Waals surface area contributed by atoms with Gasteiger partial charge in [0.15, 0.2) is 0 Å². The minimum Gasteiger partial charge on any atom is -0.392 e. The maximum atomic E-state index is 9.68. The van der Waals surface area contributed by atoms with Gasteiger partial charge in [-0.25, -0.2) is 0 Å². The molecule has 2 atom stereocenters. The molecule has 0 amide bonds. The number of piperidine rings is 1. The fourth-order valence-corrected chi connectivity index (χ4v) is 3.90. The van der Waals surface area contributed by atoms with E-state index < -0.39 is 0 Å². The van der Waals surface area contributed by atoms with Gasteiger partial charge in [-0.05, 0) is 45.1 Å². The van der Waals surface area contributed by atoms with E-state index in [9.17, 15) is 5.11 Å². The second-order valence-electron chi connectivity index (χ2n) is 6.22. The zero-order valence-electron chi connectivity index (χ0n) is 10.7. The van der Waals surface area contributed by atoms with Crippen molar-refractivity contribution in [2.45, 2.75) is 69.2 Å². The number of nitrogens with zero attached hydrogens (tertiary/aromatic N) is 1. The molecule has 0 radical (unpaired) electrons. The van der Waals surface area contributed by atoms with E-state index in [1.165, 1.54) is 38.5 Å². The molecule has 3 aliphatic rings. The SMILES string of the molecule is O[C@H]1CCCN(CC2CCC3(CCCC3)O2)C1. The molecule has 1 aliphatic carbocycles. The van der Waals surface area contributed by atoms with Crippen molar-refractivity contribution >= 4 is 0 Å². The number of rotatable bonds is 2. The summed E-state index contributed by atoms with van der Waals surface area (Å²) in [5.74, 6) is 0. The number of hydrogen-bond donors (Lipinski definition) is 1. The average molecular weight is 239 g/mol. The van der Waals surface area contributed by atoms with Crippen molar-refractivity contribution in [2.24, 2.45) is 0 Å². The van der Waals surface area contributed by atoms with Crippen LogP contribution in [0.5, 0.6) is 0 Å². The van der Waals surface area contributed by atoms with Gasteiger partial charge < -0.3 is 9.84 Å². The van der Waals surface area contributed by atoms with Gasteiger partial charge in [-0.2, -0.15) is 0 Å². The fourth-order valence-electron chi connectivity index (χ4n) is 3.90. The summed E-state index contributed by atoms with van der Waals surface area (Å²) in [7, 11) is 0. The largest absolute Gasteiger partial charge is 0.392 e. The third kappa shape index (κ3) is 2.67. The van der Waals surface area contributed by atoms with E-state index in [4.69, 9.17) is 4.74 Å². The molecule has 3 rings (SSSR count). The van der Waals surface area contributed by atoms with Gasteiger partial charge in [-0.1, -0.05) is 12.8 Å². The summed E-state index contributed by atoms with van der Waals surface area (Å²) in [6.45, 7) is 3.04. The second-order valence-corrected chi connectivity index (χ2v) is 6.22. The van der Waals surface area contributed by atoms with E-state index in [1.807, 2.05) is 0 Å². The van der Waals surface area contributed by atoms with Crippen LogP contribution in [0, 0.1) is 0 Å². The molecule has 0 aromatic rings. The lowest BCUT2D eigenvalue weighted by molar-refractivity contribution is -0.0541. The van der Waals surface area contributed by atoms with Gasteiger partial charge in [-0.3, -0.25) is 4.90 Å². The van der Waals surface area contributed by atoms with Crippen molar-refractivity contribution in [2.75, 3.05) is 19.6 Å². The van der Waals surface area contributed by atoms with E-state index in [-0.39, 0.29) is 11.7 Å². The van der Waals surface area contributed by atoms with Gasteiger partial charge >= 0.3 is 0 Å². The van der Waals surface area contributed by atoms with E-state index in [2.05, 4.69) is 4.90 Å². The number of hydrogen-bond acceptors (Lipinski definition) is 3. The minimum absolute atomic E-state index is 0.106. The second kappa shape index (κ2) is 4.87. The summed E-state index contributed by atoms with van der Waals surface area (Å²) in [4.78, 5) is 2.40. The molecule has 1 N–H and O–H groups in total. The van der Waals surface area contributed by atoms with Crippen LogP contribution in [-0.2, 0) is 4.74 Å². The third-order valence-corrected chi connectivity index (χ3v) is 4.80. The molecular formula is C14H25NO2. The Morgan fingerprint density at radius 1 is 1.12 bits per heavy atom. The quantitative estimate of drug-likeness (QED) is 0.799. The molecule has 3 nitrogen and oxygen atoms in total. The van der Waals surface area contributed by atoms with Gasteiger partial charge in [0.1, 0.15) is 0 Å². The van der Waals surface area contributed by atoms with Crippen LogP contribution in [0.15, 0.2) is 0 Å². The summed E-state index contributed by atoms with van der Waals surface area (Å²) in [5, 5.41) is 9.68. The lowest BCUT2D eigenvalue weighted by atomic mass is 9.98. The Morgan fingerprint density at radius 3 is 2.71 bits per heavy atom. The van der Waals surface area contributed by atoms with Gasteiger partial charge in [0.05, 0.1) is 17.8 Å². The van der Waals surface area contributed by atoms with E-state index in [0.29, 0.717) is 6.10 Å². The Morgan fingerprint density at radius 2 is 1.94 bits per heavy atom. The van der Waals surface area contributed by atoms with Gasteiger partial charge in [0, 0.05) is 13.1 Å². The molecule has 2 saturated heterocycles. The summed E-state index contributed by atoms with van der Waals surface area (Å²) in [6.07, 6.45) is 10.2. The van der Waals surface area contributed by atoms with Crippen molar-refractivity contribution < 1.29 is 9.84 Å². The fraction of sp³-hybridized carbons (Fsp3) is 1.00. The standard InChI is InChI=1S/C14H25NO2/c16-12-4-3-9-15(10-12)11-13-5-8-14(17-13)6-1-2-7-14/h12-13,16H,1-11H2/t12-,13?/m0/s1. The molecule has 1 spiro atoms. The molecule has 2 aliphatic heterocycles. The van der Waals surface area contributed by atoms with Crippen LogP contribution in [0.25, 0.3) is 0 Å². The lowest BCUT2D eigenvalue weighted by Gasteiger charge is -2.32. The van der Waals surface area contributed by atoms with Crippen LogP contribution in [-0.4, -0.2) is 47.4 Å². The molecule has 1 unspecified atom stereocenters. The summed E-state index contributed by atoms with van der Waals surface area (Å²) in [6, 6.07) is 0. The Bertz CT molecular complexity index is 263. The molecule has 0 aromatic heterocycles. The van der Waals surface area contributed by atoms with Crippen molar-refractivity contribution in [3.63, 3.8) is 0 Å². The number of likely N-dealkylation sites (tertiary alicyclic amines) is 1. The van der Waals surface area contributed by atoms with Gasteiger partial charge in [0.25, 0.3) is 0 Å². The Balaban J connectivity index is 1.50. The zero-order valence-corrected chi connectivity index (χ0v) is 10.7. The first kappa shape index (κ1) is 11.9. The molecule has 98 valence electrons. The van der Waals surface area contributed by atoms with E-state index >= 15 is 0 Å². The minimum atomic E-state index is -0.106. The van der Waals surface area contributed by atoms with E-state index in [1.54, 1.807) is 0 Å². The first-order valence-electron chi connectivity index (χ1n) is 7.34. The highest BCUT2D eigenvalue weighted by atomic mass is 16.5. The molecule has 17 heavy (non-hydrogen) atoms. The molecule has 0 aromatic carbocycles. The van der Waals surface area contributed by atoms with Crippen LogP contribution in [0.3, 0.4) is 0 Å². The molecule has 0 bridgehead atoms.